The summed E-state index contributed by atoms with van der Waals surface area (Å²) in [5.41, 5.74) is 26.5. The van der Waals surface area contributed by atoms with Crippen LogP contribution < -0.4 is 0 Å². The third-order valence-electron chi connectivity index (χ3n) is 11.7. The third kappa shape index (κ3) is 4.84. The third-order valence-corrected chi connectivity index (χ3v) is 11.7. The summed E-state index contributed by atoms with van der Waals surface area (Å²) < 4.78 is 0. The van der Waals surface area contributed by atoms with Crippen LogP contribution in [-0.2, 0) is 12.8 Å². The van der Waals surface area contributed by atoms with Crippen molar-refractivity contribution in [2.24, 2.45) is 0 Å². The van der Waals surface area contributed by atoms with Crippen molar-refractivity contribution in [3.05, 3.63) is 249 Å². The SMILES string of the molecule is C1=C(C2=C3C(=C(C4=Cc5ccccc5C4)c4cc(-c5ccccc5)c(-c5ccccc5)cc43)C(c3ccccc3)=C2c2ccccc2)Cc2ccccc21. The van der Waals surface area contributed by atoms with Crippen molar-refractivity contribution in [1.82, 2.24) is 0 Å². The molecule has 4 aliphatic carbocycles. The smallest absolute Gasteiger partial charge is 0.000462 e. The number of fused-ring (bicyclic) bond motifs is 5. The fourth-order valence-corrected chi connectivity index (χ4v) is 9.33. The molecule has 7 aromatic rings. The minimum atomic E-state index is 0.910. The van der Waals surface area contributed by atoms with Crippen molar-refractivity contribution in [2.45, 2.75) is 12.8 Å². The molecule has 0 saturated carbocycles. The molecular formula is C54H36. The highest BCUT2D eigenvalue weighted by Crippen LogP contribution is 2.63. The molecule has 0 saturated heterocycles. The minimum absolute atomic E-state index is 0.910. The number of hydrogen-bond donors (Lipinski definition) is 0. The largest absolute Gasteiger partial charge is 0.0622 e. The Kier molecular flexibility index (Phi) is 7.10. The lowest BCUT2D eigenvalue weighted by atomic mass is 9.84. The second-order valence-electron chi connectivity index (χ2n) is 14.7. The predicted molar refractivity (Wildman–Crippen MR) is 227 cm³/mol. The fraction of sp³-hybridized carbons (Fsp3) is 0.0370. The van der Waals surface area contributed by atoms with Crippen LogP contribution in [0.25, 0.3) is 56.7 Å². The second-order valence-corrected chi connectivity index (χ2v) is 14.7. The summed E-state index contributed by atoms with van der Waals surface area (Å²) >= 11 is 0. The highest BCUT2D eigenvalue weighted by atomic mass is 14.4. The Morgan fingerprint density at radius 3 is 1.09 bits per heavy atom. The van der Waals surface area contributed by atoms with Crippen LogP contribution in [0.3, 0.4) is 0 Å². The molecule has 252 valence electrons. The molecule has 0 bridgehead atoms. The van der Waals surface area contributed by atoms with Crippen molar-refractivity contribution in [2.75, 3.05) is 0 Å². The summed E-state index contributed by atoms with van der Waals surface area (Å²) in [6.07, 6.45) is 6.75. The minimum Gasteiger partial charge on any atom is -0.0622 e. The first-order valence-corrected chi connectivity index (χ1v) is 19.0. The van der Waals surface area contributed by atoms with E-state index in [9.17, 15) is 0 Å². The average molecular weight is 685 g/mol. The standard InChI is InChI=1S/C54H36/c1-5-17-35(18-6-1)45-33-47-48(34-46(45)36-19-7-2-8-20-36)53-52(44-31-41-27-15-16-28-42(41)32-44)50(37-21-9-3-10-22-37)51(38-23-11-4-12-24-38)54(53)49(47)43-29-39-25-13-14-26-40(39)30-43/h1-29,31,33-34H,30,32H2. The molecule has 0 aliphatic heterocycles. The summed E-state index contributed by atoms with van der Waals surface area (Å²) in [7, 11) is 0. The van der Waals surface area contributed by atoms with Crippen molar-refractivity contribution in [3.8, 4) is 22.3 Å². The number of allylic oxidation sites excluding steroid dienone is 8. The van der Waals surface area contributed by atoms with Gasteiger partial charge in [0.25, 0.3) is 0 Å². The molecule has 0 nitrogen and oxygen atoms in total. The molecule has 0 heteroatoms. The number of rotatable bonds is 6. The van der Waals surface area contributed by atoms with Crippen LogP contribution in [0.4, 0.5) is 0 Å². The molecule has 0 fully saturated rings. The van der Waals surface area contributed by atoms with Gasteiger partial charge in [-0.3, -0.25) is 0 Å². The van der Waals surface area contributed by atoms with Crippen LogP contribution in [0.15, 0.2) is 204 Å². The summed E-state index contributed by atoms with van der Waals surface area (Å²) in [6, 6.07) is 67.1. The van der Waals surface area contributed by atoms with Gasteiger partial charge >= 0.3 is 0 Å². The zero-order valence-corrected chi connectivity index (χ0v) is 29.9. The van der Waals surface area contributed by atoms with Crippen molar-refractivity contribution in [1.29, 1.82) is 0 Å². The Morgan fingerprint density at radius 1 is 0.259 bits per heavy atom. The van der Waals surface area contributed by atoms with E-state index in [-0.39, 0.29) is 0 Å². The summed E-state index contributed by atoms with van der Waals surface area (Å²) in [5.74, 6) is 0. The number of benzene rings is 7. The molecule has 11 rings (SSSR count). The first-order chi connectivity index (χ1) is 26.8. The van der Waals surface area contributed by atoms with E-state index >= 15 is 0 Å². The average Bonchev–Trinajstić information content (AvgIpc) is 4.01. The van der Waals surface area contributed by atoms with Crippen LogP contribution in [0, 0.1) is 0 Å². The van der Waals surface area contributed by atoms with Gasteiger partial charge in [-0.1, -0.05) is 182 Å². The zero-order valence-electron chi connectivity index (χ0n) is 29.9. The first kappa shape index (κ1) is 30.8. The van der Waals surface area contributed by atoms with Gasteiger partial charge in [-0.05, 0) is 136 Å². The van der Waals surface area contributed by atoms with Crippen LogP contribution in [0.1, 0.15) is 44.5 Å². The normalized spacial score (nSPS) is 15.3. The molecule has 4 aliphatic rings. The van der Waals surface area contributed by atoms with Crippen LogP contribution in [0.2, 0.25) is 0 Å². The van der Waals surface area contributed by atoms with Gasteiger partial charge in [-0.2, -0.15) is 0 Å². The molecule has 0 spiro atoms. The summed E-state index contributed by atoms with van der Waals surface area (Å²) in [5, 5.41) is 0. The molecule has 0 amide bonds. The highest BCUT2D eigenvalue weighted by Gasteiger charge is 2.42. The van der Waals surface area contributed by atoms with Gasteiger partial charge in [-0.15, -0.1) is 0 Å². The predicted octanol–water partition coefficient (Wildman–Crippen LogP) is 13.4. The van der Waals surface area contributed by atoms with E-state index in [0.717, 1.165) is 12.8 Å². The lowest BCUT2D eigenvalue weighted by molar-refractivity contribution is 1.23. The maximum absolute atomic E-state index is 2.52. The van der Waals surface area contributed by atoms with E-state index in [4.69, 9.17) is 0 Å². The molecule has 0 unspecified atom stereocenters. The van der Waals surface area contributed by atoms with Gasteiger partial charge in [0.15, 0.2) is 0 Å². The quantitative estimate of drug-likeness (QED) is 0.164. The van der Waals surface area contributed by atoms with Crippen molar-refractivity contribution < 1.29 is 0 Å². The maximum Gasteiger partial charge on any atom is -0.000462 e. The highest BCUT2D eigenvalue weighted by molar-refractivity contribution is 6.30. The molecule has 7 aromatic carbocycles. The lowest BCUT2D eigenvalue weighted by Crippen LogP contribution is -1.99. The molecule has 0 heterocycles. The Balaban J connectivity index is 1.30. The van der Waals surface area contributed by atoms with E-state index in [1.807, 2.05) is 0 Å². The topological polar surface area (TPSA) is 0 Å². The Labute approximate surface area is 317 Å². The Bertz CT molecular complexity index is 2810. The first-order valence-electron chi connectivity index (χ1n) is 19.0. The van der Waals surface area contributed by atoms with E-state index in [1.54, 1.807) is 0 Å². The molecule has 0 atom stereocenters. The second kappa shape index (κ2) is 12.4. The molecule has 0 aromatic heterocycles. The monoisotopic (exact) mass is 684 g/mol. The van der Waals surface area contributed by atoms with Gasteiger partial charge in [0.2, 0.25) is 0 Å². The van der Waals surface area contributed by atoms with Gasteiger partial charge < -0.3 is 0 Å². The summed E-state index contributed by atoms with van der Waals surface area (Å²) in [6.45, 7) is 0. The molecule has 54 heavy (non-hydrogen) atoms. The van der Waals surface area contributed by atoms with Gasteiger partial charge in [-0.25, -0.2) is 0 Å². The van der Waals surface area contributed by atoms with Crippen molar-refractivity contribution >= 4 is 34.4 Å². The van der Waals surface area contributed by atoms with E-state index in [0.29, 0.717) is 0 Å². The van der Waals surface area contributed by atoms with E-state index in [2.05, 4.69) is 194 Å². The van der Waals surface area contributed by atoms with Crippen molar-refractivity contribution in [3.63, 3.8) is 0 Å². The van der Waals surface area contributed by atoms with Gasteiger partial charge in [0, 0.05) is 0 Å². The lowest BCUT2D eigenvalue weighted by Gasteiger charge is -2.19. The van der Waals surface area contributed by atoms with Crippen LogP contribution in [-0.4, -0.2) is 0 Å². The van der Waals surface area contributed by atoms with E-state index < -0.39 is 0 Å². The number of hydrogen-bond acceptors (Lipinski definition) is 0. The van der Waals surface area contributed by atoms with Crippen LogP contribution >= 0.6 is 0 Å². The molecule has 0 radical (unpaired) electrons. The Hall–Kier alpha value is -6.76. The van der Waals surface area contributed by atoms with Gasteiger partial charge in [0.1, 0.15) is 0 Å². The van der Waals surface area contributed by atoms with Crippen LogP contribution in [0.5, 0.6) is 0 Å². The Morgan fingerprint density at radius 2 is 0.630 bits per heavy atom. The summed E-state index contributed by atoms with van der Waals surface area (Å²) in [4.78, 5) is 0. The maximum atomic E-state index is 2.52. The molecular weight excluding hydrogens is 649 g/mol. The van der Waals surface area contributed by atoms with Gasteiger partial charge in [0.05, 0.1) is 0 Å². The van der Waals surface area contributed by atoms with E-state index in [1.165, 1.54) is 111 Å². The fourth-order valence-electron chi connectivity index (χ4n) is 9.33. The molecule has 0 N–H and O–H groups in total. The zero-order chi connectivity index (χ0) is 35.6.